The molecule has 1 fully saturated rings. The molecule has 0 radical (unpaired) electrons. The molecule has 2 aromatic rings. The van der Waals surface area contributed by atoms with Crippen LogP contribution in [0.25, 0.3) is 0 Å². The van der Waals surface area contributed by atoms with Crippen LogP contribution >= 0.6 is 0 Å². The van der Waals surface area contributed by atoms with Crippen LogP contribution in [0.3, 0.4) is 0 Å². The van der Waals surface area contributed by atoms with E-state index >= 15 is 0 Å². The number of rotatable bonds is 6. The fourth-order valence-corrected chi connectivity index (χ4v) is 6.22. The summed E-state index contributed by atoms with van der Waals surface area (Å²) in [5.41, 5.74) is 0.335. The van der Waals surface area contributed by atoms with Crippen molar-refractivity contribution in [3.05, 3.63) is 59.8 Å². The highest BCUT2D eigenvalue weighted by atomic mass is 32.2. The number of hydrogen-bond donors (Lipinski definition) is 0. The van der Waals surface area contributed by atoms with Gasteiger partial charge in [-0.3, -0.25) is 0 Å². The highest BCUT2D eigenvalue weighted by molar-refractivity contribution is 7.91. The first kappa shape index (κ1) is 18.1. The van der Waals surface area contributed by atoms with Crippen LogP contribution in [0.4, 0.5) is 4.39 Å². The second kappa shape index (κ2) is 6.89. The summed E-state index contributed by atoms with van der Waals surface area (Å²) < 4.78 is 69.3. The van der Waals surface area contributed by atoms with Gasteiger partial charge in [0, 0.05) is 13.1 Å². The maximum atomic E-state index is 13.2. The van der Waals surface area contributed by atoms with Gasteiger partial charge in [0.05, 0.1) is 17.3 Å². The largest absolute Gasteiger partial charge is 0.468 e. The van der Waals surface area contributed by atoms with E-state index in [4.69, 9.17) is 4.42 Å². The lowest BCUT2D eigenvalue weighted by atomic mass is 10.2. The summed E-state index contributed by atoms with van der Waals surface area (Å²) in [6.45, 7) is 0.0559. The van der Waals surface area contributed by atoms with Crippen molar-refractivity contribution in [1.29, 1.82) is 0 Å². The highest BCUT2D eigenvalue weighted by Crippen LogP contribution is 2.24. The quantitative estimate of drug-likeness (QED) is 0.756. The number of furan rings is 1. The van der Waals surface area contributed by atoms with Gasteiger partial charge in [0.1, 0.15) is 17.3 Å². The summed E-state index contributed by atoms with van der Waals surface area (Å²) in [7, 11) is -7.22. The summed E-state index contributed by atoms with van der Waals surface area (Å²) in [6.07, 6.45) is 1.64. The number of sulfone groups is 1. The Labute approximate surface area is 146 Å². The SMILES string of the molecule is O=S(=O)(Cc1ccco1)C1CCN(S(=O)(=O)Cc2cccc(F)c2)C1. The van der Waals surface area contributed by atoms with Gasteiger partial charge in [0.25, 0.3) is 0 Å². The van der Waals surface area contributed by atoms with E-state index in [1.165, 1.54) is 34.8 Å². The predicted molar refractivity (Wildman–Crippen MR) is 90.3 cm³/mol. The van der Waals surface area contributed by atoms with Crippen LogP contribution in [0.1, 0.15) is 17.7 Å². The zero-order valence-corrected chi connectivity index (χ0v) is 15.0. The van der Waals surface area contributed by atoms with Crippen LogP contribution in [0.2, 0.25) is 0 Å². The minimum Gasteiger partial charge on any atom is -0.468 e. The minimum absolute atomic E-state index is 0.0826. The summed E-state index contributed by atoms with van der Waals surface area (Å²) in [4.78, 5) is 0. The third-order valence-electron chi connectivity index (χ3n) is 4.17. The molecular formula is C16H18FNO5S2. The van der Waals surface area contributed by atoms with Crippen molar-refractivity contribution in [3.8, 4) is 0 Å². The van der Waals surface area contributed by atoms with Gasteiger partial charge in [-0.05, 0) is 36.2 Å². The molecule has 0 saturated carbocycles. The van der Waals surface area contributed by atoms with Crippen molar-refractivity contribution < 1.29 is 25.6 Å². The molecule has 25 heavy (non-hydrogen) atoms. The van der Waals surface area contributed by atoms with Gasteiger partial charge in [-0.15, -0.1) is 0 Å². The van der Waals surface area contributed by atoms with Crippen molar-refractivity contribution in [2.45, 2.75) is 23.2 Å². The normalized spacial score (nSPS) is 19.3. The van der Waals surface area contributed by atoms with Gasteiger partial charge in [-0.1, -0.05) is 12.1 Å². The maximum Gasteiger partial charge on any atom is 0.218 e. The van der Waals surface area contributed by atoms with E-state index in [0.29, 0.717) is 11.3 Å². The molecule has 1 atom stereocenters. The first-order chi connectivity index (χ1) is 11.8. The smallest absolute Gasteiger partial charge is 0.218 e. The monoisotopic (exact) mass is 387 g/mol. The summed E-state index contributed by atoms with van der Waals surface area (Å²) in [5.74, 6) is -0.771. The Hall–Kier alpha value is -1.71. The number of benzene rings is 1. The number of halogens is 1. The molecule has 1 unspecified atom stereocenters. The van der Waals surface area contributed by atoms with Crippen molar-refractivity contribution in [1.82, 2.24) is 4.31 Å². The Kier molecular flexibility index (Phi) is 4.99. The molecule has 1 aromatic heterocycles. The van der Waals surface area contributed by atoms with Crippen molar-refractivity contribution in [2.24, 2.45) is 0 Å². The van der Waals surface area contributed by atoms with E-state index in [-0.39, 0.29) is 31.0 Å². The molecule has 136 valence electrons. The van der Waals surface area contributed by atoms with E-state index in [0.717, 1.165) is 0 Å². The average molecular weight is 387 g/mol. The van der Waals surface area contributed by atoms with E-state index in [2.05, 4.69) is 0 Å². The second-order valence-electron chi connectivity index (χ2n) is 6.04. The molecule has 0 amide bonds. The molecule has 1 aromatic carbocycles. The third-order valence-corrected chi connectivity index (χ3v) is 8.07. The highest BCUT2D eigenvalue weighted by Gasteiger charge is 2.38. The molecule has 3 rings (SSSR count). The van der Waals surface area contributed by atoms with Crippen LogP contribution in [0.15, 0.2) is 47.1 Å². The zero-order chi connectivity index (χ0) is 18.1. The molecule has 1 aliphatic rings. The Morgan fingerprint density at radius 1 is 1.12 bits per heavy atom. The predicted octanol–water partition coefficient (Wildman–Crippen LogP) is 1.94. The molecule has 9 heteroatoms. The lowest BCUT2D eigenvalue weighted by Crippen LogP contribution is -2.33. The van der Waals surface area contributed by atoms with Crippen molar-refractivity contribution in [3.63, 3.8) is 0 Å². The lowest BCUT2D eigenvalue weighted by molar-refractivity contribution is 0.475. The first-order valence-electron chi connectivity index (χ1n) is 7.72. The van der Waals surface area contributed by atoms with E-state index < -0.39 is 30.9 Å². The number of hydrogen-bond acceptors (Lipinski definition) is 5. The van der Waals surface area contributed by atoms with Crippen LogP contribution in [-0.4, -0.2) is 39.5 Å². The van der Waals surface area contributed by atoms with Gasteiger partial charge in [-0.2, -0.15) is 0 Å². The summed E-state index contributed by atoms with van der Waals surface area (Å²) in [5, 5.41) is -0.764. The second-order valence-corrected chi connectivity index (χ2v) is 10.3. The van der Waals surface area contributed by atoms with Gasteiger partial charge in [-0.25, -0.2) is 25.5 Å². The lowest BCUT2D eigenvalue weighted by Gasteiger charge is -2.16. The molecule has 0 aliphatic carbocycles. The Morgan fingerprint density at radius 2 is 1.92 bits per heavy atom. The van der Waals surface area contributed by atoms with Crippen molar-refractivity contribution in [2.75, 3.05) is 13.1 Å². The number of nitrogens with zero attached hydrogens (tertiary/aromatic N) is 1. The van der Waals surface area contributed by atoms with Crippen LogP contribution in [-0.2, 0) is 31.4 Å². The van der Waals surface area contributed by atoms with Crippen LogP contribution in [0.5, 0.6) is 0 Å². The summed E-state index contributed by atoms with van der Waals surface area (Å²) >= 11 is 0. The molecule has 1 saturated heterocycles. The van der Waals surface area contributed by atoms with Crippen LogP contribution < -0.4 is 0 Å². The molecule has 0 bridgehead atoms. The summed E-state index contributed by atoms with van der Waals surface area (Å²) in [6, 6.07) is 8.56. The fraction of sp³-hybridized carbons (Fsp3) is 0.375. The standard InChI is InChI=1S/C16H18FNO5S2/c17-14-4-1-3-13(9-14)11-25(21,22)18-7-6-16(10-18)24(19,20)12-15-5-2-8-23-15/h1-5,8-9,16H,6-7,10-12H2. The van der Waals surface area contributed by atoms with Crippen molar-refractivity contribution >= 4 is 19.9 Å². The molecule has 0 N–H and O–H groups in total. The average Bonchev–Trinajstić information content (AvgIpc) is 3.17. The minimum atomic E-state index is -3.71. The Bertz CT molecular complexity index is 939. The molecule has 0 spiro atoms. The van der Waals surface area contributed by atoms with Gasteiger partial charge in [0.15, 0.2) is 9.84 Å². The Balaban J connectivity index is 1.69. The van der Waals surface area contributed by atoms with E-state index in [1.54, 1.807) is 12.1 Å². The van der Waals surface area contributed by atoms with E-state index in [1.807, 2.05) is 0 Å². The topological polar surface area (TPSA) is 84.7 Å². The fourth-order valence-electron chi connectivity index (χ4n) is 2.88. The molecular weight excluding hydrogens is 369 g/mol. The zero-order valence-electron chi connectivity index (χ0n) is 13.3. The van der Waals surface area contributed by atoms with Gasteiger partial charge in [0.2, 0.25) is 10.0 Å². The van der Waals surface area contributed by atoms with Crippen LogP contribution in [0, 0.1) is 5.82 Å². The molecule has 2 heterocycles. The Morgan fingerprint density at radius 3 is 2.60 bits per heavy atom. The number of sulfonamides is 1. The maximum absolute atomic E-state index is 13.2. The first-order valence-corrected chi connectivity index (χ1v) is 11.0. The van der Waals surface area contributed by atoms with Gasteiger partial charge < -0.3 is 4.42 Å². The molecule has 1 aliphatic heterocycles. The van der Waals surface area contributed by atoms with Gasteiger partial charge >= 0.3 is 0 Å². The molecule has 6 nitrogen and oxygen atoms in total. The van der Waals surface area contributed by atoms with E-state index in [9.17, 15) is 21.2 Å². The third kappa shape index (κ3) is 4.28.